The molecule has 0 saturated carbocycles. The van der Waals surface area contributed by atoms with Crippen LogP contribution in [-0.4, -0.2) is 22.1 Å². The van der Waals surface area contributed by atoms with Crippen LogP contribution in [0.25, 0.3) is 20.9 Å². The summed E-state index contributed by atoms with van der Waals surface area (Å²) in [6.07, 6.45) is -3.24. The van der Waals surface area contributed by atoms with Crippen molar-refractivity contribution in [2.45, 2.75) is 13.1 Å². The summed E-state index contributed by atoms with van der Waals surface area (Å²) in [5.74, 6) is -1.99. The number of nitrogens with one attached hydrogen (secondary N) is 1. The Morgan fingerprint density at radius 1 is 1.26 bits per heavy atom. The van der Waals surface area contributed by atoms with E-state index < -0.39 is 12.1 Å². The molecule has 0 saturated heterocycles. The molecule has 0 unspecified atom stereocenters. The number of hydrogen-bond donors (Lipinski definition) is 1. The molecule has 0 atom stereocenters. The van der Waals surface area contributed by atoms with E-state index in [9.17, 15) is 18.0 Å². The lowest BCUT2D eigenvalue weighted by molar-refractivity contribution is -0.167. The highest BCUT2D eigenvalue weighted by Crippen LogP contribution is 2.31. The van der Waals surface area contributed by atoms with E-state index in [1.54, 1.807) is 31.3 Å². The van der Waals surface area contributed by atoms with E-state index in [1.165, 1.54) is 17.4 Å². The highest BCUT2D eigenvalue weighted by molar-refractivity contribution is 7.21. The van der Waals surface area contributed by atoms with E-state index >= 15 is 0 Å². The van der Waals surface area contributed by atoms with Crippen LogP contribution in [0.4, 0.5) is 18.9 Å². The molecule has 0 bridgehead atoms. The molecule has 1 amide bonds. The van der Waals surface area contributed by atoms with Gasteiger partial charge in [0.2, 0.25) is 0 Å². The maximum atomic E-state index is 12.3. The smallest absolute Gasteiger partial charge is 0.318 e. The minimum Gasteiger partial charge on any atom is -0.318 e. The van der Waals surface area contributed by atoms with E-state index in [2.05, 4.69) is 9.97 Å². The van der Waals surface area contributed by atoms with Crippen LogP contribution < -0.4 is 5.32 Å². The second-order valence-electron chi connectivity index (χ2n) is 4.83. The molecule has 1 N–H and O–H groups in total. The van der Waals surface area contributed by atoms with E-state index in [1.807, 2.05) is 11.4 Å². The summed E-state index contributed by atoms with van der Waals surface area (Å²) in [6, 6.07) is 8.37. The summed E-state index contributed by atoms with van der Waals surface area (Å²) in [5.41, 5.74) is 2.16. The molecule has 0 radical (unpaired) electrons. The molecule has 2 aromatic heterocycles. The van der Waals surface area contributed by atoms with Crippen LogP contribution in [0.15, 0.2) is 36.5 Å². The number of alkyl halides is 3. The number of amides is 1. The standard InChI is InChI=1S/C15H10F3N3OS/c1-8-7-9(4-5-10(8)21-14(22)15(16,17)18)12-20-11-3-2-6-19-13(11)23-12/h2-7H,1H3,(H,21,22). The van der Waals surface area contributed by atoms with Crippen LogP contribution in [0.1, 0.15) is 5.56 Å². The molecule has 0 fully saturated rings. The number of carbonyl (C=O) groups is 1. The number of nitrogens with zero attached hydrogens (tertiary/aromatic N) is 2. The molecule has 0 spiro atoms. The summed E-state index contributed by atoms with van der Waals surface area (Å²) in [7, 11) is 0. The van der Waals surface area contributed by atoms with Crippen molar-refractivity contribution < 1.29 is 18.0 Å². The Morgan fingerprint density at radius 3 is 2.70 bits per heavy atom. The first-order valence-electron chi connectivity index (χ1n) is 6.55. The highest BCUT2D eigenvalue weighted by atomic mass is 32.1. The van der Waals surface area contributed by atoms with Gasteiger partial charge < -0.3 is 5.32 Å². The van der Waals surface area contributed by atoms with Gasteiger partial charge in [-0.2, -0.15) is 13.2 Å². The minimum absolute atomic E-state index is 0.121. The van der Waals surface area contributed by atoms with Crippen LogP contribution >= 0.6 is 11.3 Å². The number of halogens is 3. The first-order valence-corrected chi connectivity index (χ1v) is 7.37. The number of aromatic nitrogens is 2. The largest absolute Gasteiger partial charge is 0.471 e. The molecule has 4 nitrogen and oxygen atoms in total. The summed E-state index contributed by atoms with van der Waals surface area (Å²) in [5, 5.41) is 2.58. The molecule has 0 aliphatic heterocycles. The van der Waals surface area contributed by atoms with Crippen molar-refractivity contribution in [2.75, 3.05) is 5.32 Å². The van der Waals surface area contributed by atoms with Crippen molar-refractivity contribution in [3.63, 3.8) is 0 Å². The lowest BCUT2D eigenvalue weighted by Crippen LogP contribution is -2.30. The van der Waals surface area contributed by atoms with E-state index in [0.717, 1.165) is 20.9 Å². The normalized spacial score (nSPS) is 11.7. The average Bonchev–Trinajstić information content (AvgIpc) is 2.92. The molecule has 3 rings (SSSR count). The third-order valence-corrected chi connectivity index (χ3v) is 4.17. The topological polar surface area (TPSA) is 54.9 Å². The second-order valence-corrected chi connectivity index (χ2v) is 5.81. The predicted octanol–water partition coefficient (Wildman–Crippen LogP) is 4.17. The van der Waals surface area contributed by atoms with Gasteiger partial charge in [-0.3, -0.25) is 4.79 Å². The Balaban J connectivity index is 1.91. The average molecular weight is 337 g/mol. The van der Waals surface area contributed by atoms with E-state index in [0.29, 0.717) is 5.56 Å². The third kappa shape index (κ3) is 3.16. The van der Waals surface area contributed by atoms with Crippen LogP contribution in [0.2, 0.25) is 0 Å². The Bertz CT molecular complexity index is 856. The van der Waals surface area contributed by atoms with E-state index in [-0.39, 0.29) is 5.69 Å². The fraction of sp³-hybridized carbons (Fsp3) is 0.133. The van der Waals surface area contributed by atoms with Crippen molar-refractivity contribution >= 4 is 33.3 Å². The maximum Gasteiger partial charge on any atom is 0.471 e. The number of rotatable bonds is 2. The number of hydrogen-bond acceptors (Lipinski definition) is 4. The summed E-state index contributed by atoms with van der Waals surface area (Å²) < 4.78 is 36.9. The molecule has 3 aromatic rings. The lowest BCUT2D eigenvalue weighted by Gasteiger charge is -2.11. The first kappa shape index (κ1) is 15.4. The number of aryl methyl sites for hydroxylation is 1. The minimum atomic E-state index is -4.91. The van der Waals surface area contributed by atoms with Crippen molar-refractivity contribution in [1.29, 1.82) is 0 Å². The lowest BCUT2D eigenvalue weighted by atomic mass is 10.1. The fourth-order valence-corrected chi connectivity index (χ4v) is 2.93. The summed E-state index contributed by atoms with van der Waals surface area (Å²) in [6.45, 7) is 1.63. The third-order valence-electron chi connectivity index (χ3n) is 3.15. The number of benzene rings is 1. The Hall–Kier alpha value is -2.48. The van der Waals surface area contributed by atoms with Crippen LogP contribution in [0.5, 0.6) is 0 Å². The van der Waals surface area contributed by atoms with Gasteiger partial charge in [0.25, 0.3) is 0 Å². The van der Waals surface area contributed by atoms with Gasteiger partial charge in [-0.25, -0.2) is 9.97 Å². The second kappa shape index (κ2) is 5.62. The summed E-state index contributed by atoms with van der Waals surface area (Å²) >= 11 is 1.39. The summed E-state index contributed by atoms with van der Waals surface area (Å²) in [4.78, 5) is 20.4. The van der Waals surface area contributed by atoms with Crippen molar-refractivity contribution in [3.8, 4) is 10.6 Å². The quantitative estimate of drug-likeness (QED) is 0.764. The van der Waals surface area contributed by atoms with E-state index in [4.69, 9.17) is 0 Å². The zero-order valence-corrected chi connectivity index (χ0v) is 12.6. The van der Waals surface area contributed by atoms with Gasteiger partial charge in [0.05, 0.1) is 0 Å². The number of carbonyl (C=O) groups excluding carboxylic acids is 1. The van der Waals surface area contributed by atoms with Gasteiger partial charge in [0.1, 0.15) is 15.4 Å². The van der Waals surface area contributed by atoms with Gasteiger partial charge in [0.15, 0.2) is 0 Å². The van der Waals surface area contributed by atoms with Gasteiger partial charge in [-0.15, -0.1) is 0 Å². The van der Waals surface area contributed by atoms with Gasteiger partial charge in [0, 0.05) is 17.4 Å². The fourth-order valence-electron chi connectivity index (χ4n) is 2.02. The molecule has 118 valence electrons. The number of anilines is 1. The predicted molar refractivity (Wildman–Crippen MR) is 82.3 cm³/mol. The number of thiazole rings is 1. The van der Waals surface area contributed by atoms with Crippen molar-refractivity contribution in [1.82, 2.24) is 9.97 Å². The first-order chi connectivity index (χ1) is 10.8. The van der Waals surface area contributed by atoms with Crippen LogP contribution in [0, 0.1) is 6.92 Å². The highest BCUT2D eigenvalue weighted by Gasteiger charge is 2.38. The molecule has 2 heterocycles. The maximum absolute atomic E-state index is 12.3. The molecule has 23 heavy (non-hydrogen) atoms. The Morgan fingerprint density at radius 2 is 2.04 bits per heavy atom. The molecule has 0 aliphatic rings. The molecule has 1 aromatic carbocycles. The molecular formula is C15H10F3N3OS. The molecule has 8 heteroatoms. The Labute approximate surface area is 133 Å². The van der Waals surface area contributed by atoms with Crippen molar-refractivity contribution in [2.24, 2.45) is 0 Å². The zero-order chi connectivity index (χ0) is 16.6. The zero-order valence-electron chi connectivity index (χ0n) is 11.8. The number of pyridine rings is 1. The monoisotopic (exact) mass is 337 g/mol. The Kier molecular flexibility index (Phi) is 3.77. The van der Waals surface area contributed by atoms with Gasteiger partial charge >= 0.3 is 12.1 Å². The molecular weight excluding hydrogens is 327 g/mol. The van der Waals surface area contributed by atoms with Crippen LogP contribution in [0.3, 0.4) is 0 Å². The van der Waals surface area contributed by atoms with Crippen LogP contribution in [-0.2, 0) is 4.79 Å². The SMILES string of the molecule is Cc1cc(-c2nc3cccnc3s2)ccc1NC(=O)C(F)(F)F. The van der Waals surface area contributed by atoms with Crippen molar-refractivity contribution in [3.05, 3.63) is 42.1 Å². The number of fused-ring (bicyclic) bond motifs is 1. The molecule has 0 aliphatic carbocycles. The van der Waals surface area contributed by atoms with Gasteiger partial charge in [-0.05, 0) is 42.8 Å². The van der Waals surface area contributed by atoms with Gasteiger partial charge in [-0.1, -0.05) is 11.3 Å².